The minimum atomic E-state index is 0.500. The van der Waals surface area contributed by atoms with E-state index in [4.69, 9.17) is 0 Å². The second-order valence-corrected chi connectivity index (χ2v) is 3.71. The van der Waals surface area contributed by atoms with Gasteiger partial charge in [0.25, 0.3) is 0 Å². The highest BCUT2D eigenvalue weighted by Crippen LogP contribution is 2.26. The molecule has 13 heavy (non-hydrogen) atoms. The van der Waals surface area contributed by atoms with E-state index in [1.807, 2.05) is 0 Å². The van der Waals surface area contributed by atoms with Gasteiger partial charge in [0.2, 0.25) is 0 Å². The van der Waals surface area contributed by atoms with Crippen LogP contribution >= 0.6 is 0 Å². The summed E-state index contributed by atoms with van der Waals surface area (Å²) < 4.78 is 0. The predicted octanol–water partition coefficient (Wildman–Crippen LogP) is 3.59. The molecule has 1 aliphatic rings. The summed E-state index contributed by atoms with van der Waals surface area (Å²) >= 11 is 0. The average Bonchev–Trinajstić information content (AvgIpc) is 2.52. The van der Waals surface area contributed by atoms with Crippen LogP contribution in [0.15, 0.2) is 48.1 Å². The summed E-state index contributed by atoms with van der Waals surface area (Å²) in [5.41, 5.74) is 4.10. The monoisotopic (exact) mass is 170 g/mol. The van der Waals surface area contributed by atoms with Crippen LogP contribution in [0.1, 0.15) is 24.0 Å². The van der Waals surface area contributed by atoms with Gasteiger partial charge in [-0.05, 0) is 19.4 Å². The topological polar surface area (TPSA) is 0 Å². The SMILES string of the molecule is CC1=CC(c2cccc(C)c2)C=C1. The highest BCUT2D eigenvalue weighted by Gasteiger charge is 2.08. The Morgan fingerprint density at radius 1 is 1.15 bits per heavy atom. The first-order valence-corrected chi connectivity index (χ1v) is 4.69. The lowest BCUT2D eigenvalue weighted by molar-refractivity contribution is 1.09. The van der Waals surface area contributed by atoms with Gasteiger partial charge in [0.1, 0.15) is 0 Å². The Balaban J connectivity index is 2.32. The molecule has 0 aromatic heterocycles. The average molecular weight is 170 g/mol. The third-order valence-corrected chi connectivity index (χ3v) is 2.44. The Kier molecular flexibility index (Phi) is 2.05. The standard InChI is InChI=1S/C13H14/c1-10-4-3-5-12(8-10)13-7-6-11(2)9-13/h3-9,13H,1-2H3. The normalized spacial score (nSPS) is 20.5. The Morgan fingerprint density at radius 3 is 2.62 bits per heavy atom. The zero-order valence-electron chi connectivity index (χ0n) is 8.12. The van der Waals surface area contributed by atoms with Crippen molar-refractivity contribution in [3.05, 3.63) is 59.2 Å². The van der Waals surface area contributed by atoms with Crippen molar-refractivity contribution in [2.24, 2.45) is 0 Å². The molecule has 1 unspecified atom stereocenters. The van der Waals surface area contributed by atoms with E-state index in [2.05, 4.69) is 56.3 Å². The van der Waals surface area contributed by atoms with Crippen molar-refractivity contribution in [3.63, 3.8) is 0 Å². The lowest BCUT2D eigenvalue weighted by Crippen LogP contribution is -1.88. The van der Waals surface area contributed by atoms with Crippen LogP contribution in [0, 0.1) is 6.92 Å². The fraction of sp³-hybridized carbons (Fsp3) is 0.231. The summed E-state index contributed by atoms with van der Waals surface area (Å²) in [7, 11) is 0. The molecule has 1 atom stereocenters. The Hall–Kier alpha value is -1.30. The molecule has 0 aliphatic heterocycles. The Labute approximate surface area is 79.6 Å². The molecule has 1 aromatic rings. The molecule has 66 valence electrons. The molecule has 0 heterocycles. The van der Waals surface area contributed by atoms with Gasteiger partial charge in [-0.15, -0.1) is 0 Å². The lowest BCUT2D eigenvalue weighted by Gasteiger charge is -2.05. The van der Waals surface area contributed by atoms with E-state index >= 15 is 0 Å². The first-order valence-electron chi connectivity index (χ1n) is 4.69. The van der Waals surface area contributed by atoms with Gasteiger partial charge in [-0.1, -0.05) is 53.6 Å². The molecule has 0 heteroatoms. The van der Waals surface area contributed by atoms with Gasteiger partial charge in [-0.3, -0.25) is 0 Å². The van der Waals surface area contributed by atoms with Crippen molar-refractivity contribution in [1.29, 1.82) is 0 Å². The van der Waals surface area contributed by atoms with Gasteiger partial charge in [-0.25, -0.2) is 0 Å². The van der Waals surface area contributed by atoms with Crippen molar-refractivity contribution in [2.45, 2.75) is 19.8 Å². The molecule has 1 aromatic carbocycles. The summed E-state index contributed by atoms with van der Waals surface area (Å²) in [6.45, 7) is 4.28. The zero-order valence-corrected chi connectivity index (χ0v) is 8.12. The van der Waals surface area contributed by atoms with E-state index in [-0.39, 0.29) is 0 Å². The van der Waals surface area contributed by atoms with Crippen LogP contribution in [0.25, 0.3) is 0 Å². The van der Waals surface area contributed by atoms with Crippen LogP contribution in [0.5, 0.6) is 0 Å². The second kappa shape index (κ2) is 3.21. The number of hydrogen-bond donors (Lipinski definition) is 0. The smallest absolute Gasteiger partial charge is 0.0207 e. The third-order valence-electron chi connectivity index (χ3n) is 2.44. The molecule has 0 amide bonds. The van der Waals surface area contributed by atoms with Crippen molar-refractivity contribution in [2.75, 3.05) is 0 Å². The lowest BCUT2D eigenvalue weighted by atomic mass is 9.99. The quantitative estimate of drug-likeness (QED) is 0.604. The highest BCUT2D eigenvalue weighted by atomic mass is 14.1. The van der Waals surface area contributed by atoms with Crippen LogP contribution in [-0.2, 0) is 0 Å². The van der Waals surface area contributed by atoms with E-state index in [1.165, 1.54) is 16.7 Å². The van der Waals surface area contributed by atoms with Gasteiger partial charge in [-0.2, -0.15) is 0 Å². The Morgan fingerprint density at radius 2 is 2.00 bits per heavy atom. The Bertz CT molecular complexity index is 369. The van der Waals surface area contributed by atoms with E-state index in [0.717, 1.165) is 0 Å². The predicted molar refractivity (Wildman–Crippen MR) is 56.8 cm³/mol. The fourth-order valence-electron chi connectivity index (χ4n) is 1.73. The van der Waals surface area contributed by atoms with Crippen LogP contribution in [0.3, 0.4) is 0 Å². The van der Waals surface area contributed by atoms with E-state index in [1.54, 1.807) is 0 Å². The molecule has 2 rings (SSSR count). The molecule has 1 aliphatic carbocycles. The maximum atomic E-state index is 2.30. The summed E-state index contributed by atoms with van der Waals surface area (Å²) in [5.74, 6) is 0.500. The van der Waals surface area contributed by atoms with Crippen LogP contribution in [-0.4, -0.2) is 0 Å². The maximum Gasteiger partial charge on any atom is 0.0207 e. The van der Waals surface area contributed by atoms with Gasteiger partial charge in [0.05, 0.1) is 0 Å². The molecule has 0 bridgehead atoms. The van der Waals surface area contributed by atoms with Gasteiger partial charge in [0, 0.05) is 5.92 Å². The molecule has 0 radical (unpaired) electrons. The number of aryl methyl sites for hydroxylation is 1. The van der Waals surface area contributed by atoms with Gasteiger partial charge >= 0.3 is 0 Å². The minimum Gasteiger partial charge on any atom is -0.0730 e. The summed E-state index contributed by atoms with van der Waals surface area (Å²) in [6, 6.07) is 8.71. The summed E-state index contributed by atoms with van der Waals surface area (Å²) in [4.78, 5) is 0. The van der Waals surface area contributed by atoms with Gasteiger partial charge < -0.3 is 0 Å². The number of hydrogen-bond acceptors (Lipinski definition) is 0. The van der Waals surface area contributed by atoms with E-state index in [0.29, 0.717) is 5.92 Å². The van der Waals surface area contributed by atoms with E-state index in [9.17, 15) is 0 Å². The van der Waals surface area contributed by atoms with Crippen LogP contribution < -0.4 is 0 Å². The van der Waals surface area contributed by atoms with Crippen LogP contribution in [0.4, 0.5) is 0 Å². The first-order chi connectivity index (χ1) is 6.25. The van der Waals surface area contributed by atoms with Crippen LogP contribution in [0.2, 0.25) is 0 Å². The fourth-order valence-corrected chi connectivity index (χ4v) is 1.73. The van der Waals surface area contributed by atoms with E-state index < -0.39 is 0 Å². The molecular formula is C13H14. The third kappa shape index (κ3) is 1.72. The number of allylic oxidation sites excluding steroid dienone is 4. The summed E-state index contributed by atoms with van der Waals surface area (Å²) in [5, 5.41) is 0. The zero-order chi connectivity index (χ0) is 9.26. The largest absolute Gasteiger partial charge is 0.0730 e. The van der Waals surface area contributed by atoms with Crippen molar-refractivity contribution in [1.82, 2.24) is 0 Å². The van der Waals surface area contributed by atoms with Gasteiger partial charge in [0.15, 0.2) is 0 Å². The molecule has 0 saturated carbocycles. The molecule has 0 nitrogen and oxygen atoms in total. The second-order valence-electron chi connectivity index (χ2n) is 3.71. The molecule has 0 N–H and O–H groups in total. The highest BCUT2D eigenvalue weighted by molar-refractivity contribution is 5.39. The summed E-state index contributed by atoms with van der Waals surface area (Å²) in [6.07, 6.45) is 6.74. The first kappa shape index (κ1) is 8.31. The van der Waals surface area contributed by atoms with Crippen molar-refractivity contribution in [3.8, 4) is 0 Å². The van der Waals surface area contributed by atoms with Crippen molar-refractivity contribution < 1.29 is 0 Å². The molecule has 0 fully saturated rings. The number of benzene rings is 1. The molecule has 0 spiro atoms. The maximum absolute atomic E-state index is 2.30. The molecule has 0 saturated heterocycles. The van der Waals surface area contributed by atoms with Crippen molar-refractivity contribution >= 4 is 0 Å². The molecular weight excluding hydrogens is 156 g/mol. The minimum absolute atomic E-state index is 0.500. The number of rotatable bonds is 1.